The van der Waals surface area contributed by atoms with Crippen molar-refractivity contribution >= 4 is 11.8 Å². The third-order valence-electron chi connectivity index (χ3n) is 3.95. The lowest BCUT2D eigenvalue weighted by molar-refractivity contribution is 0.0273. The van der Waals surface area contributed by atoms with Crippen LogP contribution in [-0.2, 0) is 15.9 Å². The van der Waals surface area contributed by atoms with Crippen LogP contribution in [0.5, 0.6) is 0 Å². The summed E-state index contributed by atoms with van der Waals surface area (Å²) >= 11 is 0. The molecule has 2 heterocycles. The maximum absolute atomic E-state index is 12.4. The lowest BCUT2D eigenvalue weighted by Crippen LogP contribution is -2.35. The minimum Gasteiger partial charge on any atom is -0.443 e. The van der Waals surface area contributed by atoms with Crippen molar-refractivity contribution in [1.29, 1.82) is 0 Å². The van der Waals surface area contributed by atoms with E-state index in [2.05, 4.69) is 11.4 Å². The van der Waals surface area contributed by atoms with Crippen LogP contribution in [0.4, 0.5) is 10.5 Å². The first-order valence-electron chi connectivity index (χ1n) is 7.90. The second kappa shape index (κ2) is 5.89. The Kier molecular flexibility index (Phi) is 4.10. The van der Waals surface area contributed by atoms with E-state index >= 15 is 0 Å². The molecule has 3 rings (SSSR count). The second-order valence-corrected chi connectivity index (χ2v) is 6.79. The van der Waals surface area contributed by atoms with Gasteiger partial charge >= 0.3 is 6.09 Å². The van der Waals surface area contributed by atoms with Gasteiger partial charge in [0.1, 0.15) is 5.60 Å². The fourth-order valence-corrected chi connectivity index (χ4v) is 3.03. The molecule has 1 saturated heterocycles. The minimum atomic E-state index is -0.478. The molecule has 1 atom stereocenters. The van der Waals surface area contributed by atoms with E-state index in [9.17, 15) is 4.79 Å². The van der Waals surface area contributed by atoms with Gasteiger partial charge in [-0.25, -0.2) is 4.79 Å². The summed E-state index contributed by atoms with van der Waals surface area (Å²) in [5.41, 5.74) is 2.88. The zero-order valence-corrected chi connectivity index (χ0v) is 13.5. The number of hydrogen-bond acceptors (Lipinski definition) is 4. The Balaban J connectivity index is 1.84. The molecule has 1 N–H and O–H groups in total. The van der Waals surface area contributed by atoms with Crippen LogP contribution in [0.1, 0.15) is 38.0 Å². The van der Waals surface area contributed by atoms with E-state index in [1.54, 1.807) is 4.90 Å². The van der Waals surface area contributed by atoms with Gasteiger partial charge in [-0.05, 0) is 44.4 Å². The molecule has 0 radical (unpaired) electrons. The smallest absolute Gasteiger partial charge is 0.414 e. The molecule has 0 spiro atoms. The summed E-state index contributed by atoms with van der Waals surface area (Å²) in [6.07, 6.45) is 0.651. The van der Waals surface area contributed by atoms with Crippen molar-refractivity contribution in [3.05, 3.63) is 29.3 Å². The van der Waals surface area contributed by atoms with Crippen molar-refractivity contribution in [3.63, 3.8) is 0 Å². The standard InChI is InChI=1S/C17H24N2O3/c1-17(2,3)22-16(20)19-9-7-12-13(5-4-6-14(12)19)15-11-18-8-10-21-15/h4-6,15,18H,7-11H2,1-3H3. The van der Waals surface area contributed by atoms with Crippen LogP contribution < -0.4 is 10.2 Å². The molecule has 1 aromatic carbocycles. The molecule has 0 aliphatic carbocycles. The Bertz CT molecular complexity index is 560. The van der Waals surface area contributed by atoms with Gasteiger partial charge < -0.3 is 14.8 Å². The number of fused-ring (bicyclic) bond motifs is 1. The number of amides is 1. The zero-order valence-electron chi connectivity index (χ0n) is 13.5. The number of ether oxygens (including phenoxy) is 2. The van der Waals surface area contributed by atoms with Crippen LogP contribution in [-0.4, -0.2) is 37.9 Å². The summed E-state index contributed by atoms with van der Waals surface area (Å²) in [6, 6.07) is 6.09. The van der Waals surface area contributed by atoms with E-state index in [0.29, 0.717) is 6.54 Å². The molecular formula is C17H24N2O3. The summed E-state index contributed by atoms with van der Waals surface area (Å²) < 4.78 is 11.4. The van der Waals surface area contributed by atoms with Crippen LogP contribution in [0.2, 0.25) is 0 Å². The van der Waals surface area contributed by atoms with E-state index in [0.717, 1.165) is 31.8 Å². The second-order valence-electron chi connectivity index (χ2n) is 6.79. The Morgan fingerprint density at radius 1 is 1.41 bits per heavy atom. The van der Waals surface area contributed by atoms with E-state index in [4.69, 9.17) is 9.47 Å². The Morgan fingerprint density at radius 2 is 2.23 bits per heavy atom. The summed E-state index contributed by atoms with van der Waals surface area (Å²) in [7, 11) is 0. The lowest BCUT2D eigenvalue weighted by Gasteiger charge is -2.27. The molecule has 1 amide bonds. The summed E-state index contributed by atoms with van der Waals surface area (Å²) in [6.45, 7) is 8.78. The molecule has 1 fully saturated rings. The minimum absolute atomic E-state index is 0.0716. The molecule has 120 valence electrons. The van der Waals surface area contributed by atoms with Gasteiger partial charge in [-0.1, -0.05) is 12.1 Å². The van der Waals surface area contributed by atoms with Crippen LogP contribution in [0, 0.1) is 0 Å². The van der Waals surface area contributed by atoms with E-state index in [-0.39, 0.29) is 12.2 Å². The molecule has 0 aromatic heterocycles. The van der Waals surface area contributed by atoms with Crippen molar-refractivity contribution in [1.82, 2.24) is 5.32 Å². The normalized spacial score (nSPS) is 21.6. The van der Waals surface area contributed by atoms with Gasteiger partial charge in [0.05, 0.1) is 18.4 Å². The van der Waals surface area contributed by atoms with Crippen molar-refractivity contribution in [2.45, 2.75) is 38.9 Å². The number of carbonyl (C=O) groups excluding carboxylic acids is 1. The highest BCUT2D eigenvalue weighted by atomic mass is 16.6. The number of carbonyl (C=O) groups is 1. The zero-order chi connectivity index (χ0) is 15.7. The predicted octanol–water partition coefficient (Wildman–Crippen LogP) is 2.65. The predicted molar refractivity (Wildman–Crippen MR) is 85.3 cm³/mol. The Morgan fingerprint density at radius 3 is 2.91 bits per heavy atom. The van der Waals surface area contributed by atoms with Gasteiger partial charge in [0.2, 0.25) is 0 Å². The largest absolute Gasteiger partial charge is 0.443 e. The Hall–Kier alpha value is -1.59. The van der Waals surface area contributed by atoms with E-state index < -0.39 is 5.60 Å². The average molecular weight is 304 g/mol. The summed E-state index contributed by atoms with van der Waals surface area (Å²) in [5, 5.41) is 3.36. The number of morpholine rings is 1. The van der Waals surface area contributed by atoms with Crippen LogP contribution >= 0.6 is 0 Å². The highest BCUT2D eigenvalue weighted by Crippen LogP contribution is 2.35. The van der Waals surface area contributed by atoms with Crippen molar-refractivity contribution < 1.29 is 14.3 Å². The molecule has 1 unspecified atom stereocenters. The third-order valence-corrected chi connectivity index (χ3v) is 3.95. The van der Waals surface area contributed by atoms with Crippen molar-refractivity contribution in [2.75, 3.05) is 31.1 Å². The van der Waals surface area contributed by atoms with Gasteiger partial charge in [-0.15, -0.1) is 0 Å². The number of anilines is 1. The SMILES string of the molecule is CC(C)(C)OC(=O)N1CCc2c(C3CNCCO3)cccc21. The van der Waals surface area contributed by atoms with Gasteiger partial charge in [-0.2, -0.15) is 0 Å². The van der Waals surface area contributed by atoms with Gasteiger partial charge in [0, 0.05) is 19.6 Å². The molecule has 2 aliphatic rings. The first-order valence-corrected chi connectivity index (χ1v) is 7.90. The van der Waals surface area contributed by atoms with E-state index in [1.807, 2.05) is 32.9 Å². The monoisotopic (exact) mass is 304 g/mol. The fraction of sp³-hybridized carbons (Fsp3) is 0.588. The number of benzene rings is 1. The van der Waals surface area contributed by atoms with Gasteiger partial charge in [-0.3, -0.25) is 4.90 Å². The fourth-order valence-electron chi connectivity index (χ4n) is 3.03. The molecule has 1 aromatic rings. The highest BCUT2D eigenvalue weighted by Gasteiger charge is 2.32. The molecular weight excluding hydrogens is 280 g/mol. The average Bonchev–Trinajstić information content (AvgIpc) is 2.90. The number of rotatable bonds is 1. The lowest BCUT2D eigenvalue weighted by atomic mass is 9.99. The third kappa shape index (κ3) is 3.10. The first-order chi connectivity index (χ1) is 10.5. The summed E-state index contributed by atoms with van der Waals surface area (Å²) in [5.74, 6) is 0. The molecule has 0 saturated carbocycles. The van der Waals surface area contributed by atoms with Crippen LogP contribution in [0.3, 0.4) is 0 Å². The number of nitrogens with one attached hydrogen (secondary N) is 1. The van der Waals surface area contributed by atoms with Crippen LogP contribution in [0.25, 0.3) is 0 Å². The quantitative estimate of drug-likeness (QED) is 0.866. The topological polar surface area (TPSA) is 50.8 Å². The molecule has 22 heavy (non-hydrogen) atoms. The molecule has 0 bridgehead atoms. The first kappa shape index (κ1) is 15.3. The van der Waals surface area contributed by atoms with Gasteiger partial charge in [0.25, 0.3) is 0 Å². The molecule has 2 aliphatic heterocycles. The molecule has 5 heteroatoms. The summed E-state index contributed by atoms with van der Waals surface area (Å²) in [4.78, 5) is 14.1. The number of hydrogen-bond donors (Lipinski definition) is 1. The maximum atomic E-state index is 12.4. The van der Waals surface area contributed by atoms with Crippen molar-refractivity contribution in [2.24, 2.45) is 0 Å². The van der Waals surface area contributed by atoms with Crippen LogP contribution in [0.15, 0.2) is 18.2 Å². The van der Waals surface area contributed by atoms with Gasteiger partial charge in [0.15, 0.2) is 0 Å². The van der Waals surface area contributed by atoms with Crippen molar-refractivity contribution in [3.8, 4) is 0 Å². The Labute approximate surface area is 131 Å². The number of nitrogens with zero attached hydrogens (tertiary/aromatic N) is 1. The maximum Gasteiger partial charge on any atom is 0.414 e. The van der Waals surface area contributed by atoms with E-state index in [1.165, 1.54) is 11.1 Å². The highest BCUT2D eigenvalue weighted by molar-refractivity contribution is 5.91. The molecule has 5 nitrogen and oxygen atoms in total.